The zero-order chi connectivity index (χ0) is 15.7. The lowest BCUT2D eigenvalue weighted by atomic mass is 9.85. The molecule has 1 atom stereocenters. The van der Waals surface area contributed by atoms with Gasteiger partial charge in [0.15, 0.2) is 0 Å². The first-order chi connectivity index (χ1) is 10.6. The van der Waals surface area contributed by atoms with Crippen molar-refractivity contribution in [3.8, 4) is 5.69 Å². The molecule has 0 saturated carbocycles. The molecule has 0 bridgehead atoms. The smallest absolute Gasteiger partial charge is 0.271 e. The van der Waals surface area contributed by atoms with Crippen LogP contribution in [0.1, 0.15) is 42.0 Å². The van der Waals surface area contributed by atoms with Gasteiger partial charge in [0.1, 0.15) is 0 Å². The molecule has 2 N–H and O–H groups in total. The molecular weight excluding hydrogens is 280 g/mol. The van der Waals surface area contributed by atoms with Crippen LogP contribution in [-0.4, -0.2) is 21.2 Å². The molecule has 116 valence electrons. The van der Waals surface area contributed by atoms with Gasteiger partial charge in [-0.25, -0.2) is 4.68 Å². The number of nitro benzene ring substituents is 1. The summed E-state index contributed by atoms with van der Waals surface area (Å²) in [6.45, 7) is 2.62. The fraction of sp³-hybridized carbons (Fsp3) is 0.438. The number of non-ortho nitro benzene ring substituents is 1. The van der Waals surface area contributed by atoms with Gasteiger partial charge in [-0.1, -0.05) is 6.07 Å². The van der Waals surface area contributed by atoms with Crippen molar-refractivity contribution < 1.29 is 4.92 Å². The highest BCUT2D eigenvalue weighted by Crippen LogP contribution is 2.35. The second-order valence-corrected chi connectivity index (χ2v) is 5.85. The molecule has 0 fully saturated rings. The number of nitrogens with two attached hydrogens (primary N) is 1. The van der Waals surface area contributed by atoms with Crippen molar-refractivity contribution in [1.82, 2.24) is 9.78 Å². The van der Waals surface area contributed by atoms with Gasteiger partial charge < -0.3 is 5.73 Å². The van der Waals surface area contributed by atoms with E-state index in [4.69, 9.17) is 5.73 Å². The molecule has 1 unspecified atom stereocenters. The van der Waals surface area contributed by atoms with E-state index in [2.05, 4.69) is 5.10 Å². The summed E-state index contributed by atoms with van der Waals surface area (Å²) in [6, 6.07) is 4.92. The fourth-order valence-electron chi connectivity index (χ4n) is 3.30. The van der Waals surface area contributed by atoms with Crippen molar-refractivity contribution in [2.75, 3.05) is 6.54 Å². The van der Waals surface area contributed by atoms with Crippen LogP contribution < -0.4 is 5.73 Å². The van der Waals surface area contributed by atoms with Crippen LogP contribution in [0.3, 0.4) is 0 Å². The molecule has 1 aliphatic rings. The molecule has 1 heterocycles. The maximum atomic E-state index is 11.0. The van der Waals surface area contributed by atoms with Crippen LogP contribution in [0.2, 0.25) is 0 Å². The van der Waals surface area contributed by atoms with Crippen LogP contribution in [0, 0.1) is 17.0 Å². The van der Waals surface area contributed by atoms with Crippen LogP contribution in [0.5, 0.6) is 0 Å². The van der Waals surface area contributed by atoms with Gasteiger partial charge in [0.2, 0.25) is 0 Å². The molecule has 0 amide bonds. The van der Waals surface area contributed by atoms with E-state index in [9.17, 15) is 10.1 Å². The number of nitro groups is 1. The molecule has 1 aliphatic carbocycles. The number of aryl methyl sites for hydroxylation is 1. The summed E-state index contributed by atoms with van der Waals surface area (Å²) < 4.78 is 1.88. The van der Waals surface area contributed by atoms with Crippen molar-refractivity contribution in [3.63, 3.8) is 0 Å². The Hall–Kier alpha value is -2.21. The minimum absolute atomic E-state index is 0.0965. The van der Waals surface area contributed by atoms with Gasteiger partial charge in [0.05, 0.1) is 16.8 Å². The van der Waals surface area contributed by atoms with E-state index < -0.39 is 0 Å². The maximum absolute atomic E-state index is 11.0. The van der Waals surface area contributed by atoms with Crippen LogP contribution in [0.15, 0.2) is 24.4 Å². The highest BCUT2D eigenvalue weighted by atomic mass is 16.6. The predicted octanol–water partition coefficient (Wildman–Crippen LogP) is 2.86. The molecule has 3 rings (SSSR count). The van der Waals surface area contributed by atoms with Crippen LogP contribution in [-0.2, 0) is 6.42 Å². The van der Waals surface area contributed by atoms with Crippen molar-refractivity contribution in [2.24, 2.45) is 5.73 Å². The number of fused-ring (bicyclic) bond motifs is 1. The van der Waals surface area contributed by atoms with Gasteiger partial charge in [-0.2, -0.15) is 5.10 Å². The van der Waals surface area contributed by atoms with Crippen molar-refractivity contribution in [1.29, 1.82) is 0 Å². The lowest BCUT2D eigenvalue weighted by Gasteiger charge is -2.23. The third-order valence-corrected chi connectivity index (χ3v) is 4.45. The molecule has 1 aromatic heterocycles. The summed E-state index contributed by atoms with van der Waals surface area (Å²) in [4.78, 5) is 10.7. The standard InChI is InChI=1S/C16H20N4O2/c1-11-5-6-13(20(21)22)9-16(11)19-15-4-2-3-12(7-8-17)14(15)10-18-19/h5-6,9-10,12H,2-4,7-8,17H2,1H3. The Kier molecular flexibility index (Phi) is 3.94. The molecule has 2 aromatic rings. The number of hydrogen-bond acceptors (Lipinski definition) is 4. The molecule has 6 nitrogen and oxygen atoms in total. The molecule has 0 aliphatic heterocycles. The van der Waals surface area contributed by atoms with Gasteiger partial charge in [-0.15, -0.1) is 0 Å². The van der Waals surface area contributed by atoms with Crippen LogP contribution >= 0.6 is 0 Å². The van der Waals surface area contributed by atoms with Gasteiger partial charge >= 0.3 is 0 Å². The van der Waals surface area contributed by atoms with E-state index in [1.54, 1.807) is 12.1 Å². The zero-order valence-electron chi connectivity index (χ0n) is 12.7. The first-order valence-electron chi connectivity index (χ1n) is 7.64. The zero-order valence-corrected chi connectivity index (χ0v) is 12.7. The Morgan fingerprint density at radius 3 is 3.05 bits per heavy atom. The van der Waals surface area contributed by atoms with Gasteiger partial charge in [-0.3, -0.25) is 10.1 Å². The van der Waals surface area contributed by atoms with E-state index in [1.807, 2.05) is 17.8 Å². The van der Waals surface area contributed by atoms with Crippen LogP contribution in [0.4, 0.5) is 5.69 Å². The summed E-state index contributed by atoms with van der Waals surface area (Å²) >= 11 is 0. The van der Waals surface area contributed by atoms with Crippen molar-refractivity contribution in [2.45, 2.75) is 38.5 Å². The number of hydrogen-bond donors (Lipinski definition) is 1. The monoisotopic (exact) mass is 300 g/mol. The first kappa shape index (κ1) is 14.7. The Balaban J connectivity index is 2.07. The lowest BCUT2D eigenvalue weighted by molar-refractivity contribution is -0.384. The second kappa shape index (κ2) is 5.88. The Bertz CT molecular complexity index is 708. The van der Waals surface area contributed by atoms with E-state index in [1.165, 1.54) is 17.3 Å². The van der Waals surface area contributed by atoms with Gasteiger partial charge in [0, 0.05) is 17.8 Å². The van der Waals surface area contributed by atoms with E-state index in [0.717, 1.165) is 36.9 Å². The average Bonchev–Trinajstić information content (AvgIpc) is 2.93. The highest BCUT2D eigenvalue weighted by molar-refractivity contribution is 5.50. The Morgan fingerprint density at radius 2 is 2.32 bits per heavy atom. The maximum Gasteiger partial charge on any atom is 0.271 e. The first-order valence-corrected chi connectivity index (χ1v) is 7.64. The quantitative estimate of drug-likeness (QED) is 0.694. The molecule has 0 spiro atoms. The second-order valence-electron chi connectivity index (χ2n) is 5.85. The van der Waals surface area contributed by atoms with E-state index in [-0.39, 0.29) is 10.6 Å². The van der Waals surface area contributed by atoms with Crippen LogP contribution in [0.25, 0.3) is 5.69 Å². The summed E-state index contributed by atoms with van der Waals surface area (Å²) in [5.41, 5.74) is 10.0. The average molecular weight is 300 g/mol. The van der Waals surface area contributed by atoms with Gasteiger partial charge in [-0.05, 0) is 56.2 Å². The Labute approximate surface area is 129 Å². The predicted molar refractivity (Wildman–Crippen MR) is 84.3 cm³/mol. The number of aromatic nitrogens is 2. The molecule has 0 saturated heterocycles. The molecule has 6 heteroatoms. The molecule has 22 heavy (non-hydrogen) atoms. The normalized spacial score (nSPS) is 17.3. The topological polar surface area (TPSA) is 87.0 Å². The number of benzene rings is 1. The fourth-order valence-corrected chi connectivity index (χ4v) is 3.30. The summed E-state index contributed by atoms with van der Waals surface area (Å²) in [6.07, 6.45) is 6.08. The molecular formula is C16H20N4O2. The SMILES string of the molecule is Cc1ccc([N+](=O)[O-])cc1-n1ncc2c1CCCC2CCN. The third kappa shape index (κ3) is 2.50. The molecule has 1 aromatic carbocycles. The highest BCUT2D eigenvalue weighted by Gasteiger charge is 2.25. The summed E-state index contributed by atoms with van der Waals surface area (Å²) in [7, 11) is 0. The van der Waals surface area contributed by atoms with Crippen molar-refractivity contribution >= 4 is 5.69 Å². The number of rotatable bonds is 4. The lowest BCUT2D eigenvalue weighted by Crippen LogP contribution is -2.15. The Morgan fingerprint density at radius 1 is 1.50 bits per heavy atom. The minimum Gasteiger partial charge on any atom is -0.330 e. The van der Waals surface area contributed by atoms with Gasteiger partial charge in [0.25, 0.3) is 5.69 Å². The van der Waals surface area contributed by atoms with Crippen molar-refractivity contribution in [3.05, 3.63) is 51.3 Å². The number of nitrogens with zero attached hydrogens (tertiary/aromatic N) is 3. The third-order valence-electron chi connectivity index (χ3n) is 4.45. The van der Waals surface area contributed by atoms with E-state index in [0.29, 0.717) is 12.5 Å². The largest absolute Gasteiger partial charge is 0.330 e. The van der Waals surface area contributed by atoms with E-state index >= 15 is 0 Å². The summed E-state index contributed by atoms with van der Waals surface area (Å²) in [5, 5.41) is 15.5. The minimum atomic E-state index is -0.365. The summed E-state index contributed by atoms with van der Waals surface area (Å²) in [5.74, 6) is 0.460. The molecule has 0 radical (unpaired) electrons.